The van der Waals surface area contributed by atoms with E-state index in [2.05, 4.69) is 15.1 Å². The Hall–Kier alpha value is -3.17. The Morgan fingerprint density at radius 1 is 1.03 bits per heavy atom. The van der Waals surface area contributed by atoms with Gasteiger partial charge in [-0.1, -0.05) is 41.4 Å². The SMILES string of the molecule is Cc1nc(-c2c(F)cccc2Cl)nn1-c1ccc(COc2ncc(C(F)(F)F)cc2Cl)cc1. The first-order valence-corrected chi connectivity index (χ1v) is 10.2. The maximum atomic E-state index is 14.2. The predicted molar refractivity (Wildman–Crippen MR) is 115 cm³/mol. The van der Waals surface area contributed by atoms with E-state index in [-0.39, 0.29) is 33.9 Å². The van der Waals surface area contributed by atoms with E-state index in [1.807, 2.05) is 0 Å². The van der Waals surface area contributed by atoms with Gasteiger partial charge < -0.3 is 4.74 Å². The van der Waals surface area contributed by atoms with Crippen molar-refractivity contribution in [3.8, 4) is 23.0 Å². The van der Waals surface area contributed by atoms with Crippen molar-refractivity contribution in [2.45, 2.75) is 19.7 Å². The van der Waals surface area contributed by atoms with Crippen molar-refractivity contribution in [1.29, 1.82) is 0 Å². The third-order valence-electron chi connectivity index (χ3n) is 4.65. The van der Waals surface area contributed by atoms with Crippen molar-refractivity contribution >= 4 is 23.2 Å². The van der Waals surface area contributed by atoms with Crippen LogP contribution in [0.15, 0.2) is 54.7 Å². The van der Waals surface area contributed by atoms with E-state index in [9.17, 15) is 17.6 Å². The Labute approximate surface area is 195 Å². The molecule has 0 aliphatic heterocycles. The second kappa shape index (κ2) is 8.99. The molecule has 4 rings (SSSR count). The van der Waals surface area contributed by atoms with Gasteiger partial charge in [-0.05, 0) is 42.8 Å². The van der Waals surface area contributed by atoms with Gasteiger partial charge in [0, 0.05) is 6.20 Å². The fraction of sp³-hybridized carbons (Fsp3) is 0.136. The van der Waals surface area contributed by atoms with E-state index >= 15 is 0 Å². The van der Waals surface area contributed by atoms with Gasteiger partial charge in [-0.3, -0.25) is 0 Å². The molecular formula is C22H14Cl2F4N4O. The number of halogens is 6. The quantitative estimate of drug-likeness (QED) is 0.289. The highest BCUT2D eigenvalue weighted by molar-refractivity contribution is 6.33. The molecule has 2 aromatic heterocycles. The van der Waals surface area contributed by atoms with Crippen LogP contribution in [0.1, 0.15) is 17.0 Å². The summed E-state index contributed by atoms with van der Waals surface area (Å²) < 4.78 is 59.3. The van der Waals surface area contributed by atoms with E-state index in [0.29, 0.717) is 23.3 Å². The van der Waals surface area contributed by atoms with Crippen LogP contribution in [0.3, 0.4) is 0 Å². The van der Waals surface area contributed by atoms with Crippen molar-refractivity contribution in [3.63, 3.8) is 0 Å². The summed E-state index contributed by atoms with van der Waals surface area (Å²) in [5.74, 6) is 0.0510. The first-order chi connectivity index (χ1) is 15.6. The van der Waals surface area contributed by atoms with E-state index in [1.54, 1.807) is 37.3 Å². The Kier molecular flexibility index (Phi) is 6.27. The summed E-state index contributed by atoms with van der Waals surface area (Å²) >= 11 is 12.0. The summed E-state index contributed by atoms with van der Waals surface area (Å²) in [6, 6.07) is 12.1. The zero-order valence-electron chi connectivity index (χ0n) is 16.9. The molecule has 0 bridgehead atoms. The smallest absolute Gasteiger partial charge is 0.417 e. The first-order valence-electron chi connectivity index (χ1n) is 9.46. The summed E-state index contributed by atoms with van der Waals surface area (Å²) in [6.07, 6.45) is -3.88. The molecule has 0 radical (unpaired) electrons. The van der Waals surface area contributed by atoms with Gasteiger partial charge in [0.1, 0.15) is 23.3 Å². The van der Waals surface area contributed by atoms with Crippen molar-refractivity contribution in [2.24, 2.45) is 0 Å². The maximum absolute atomic E-state index is 14.2. The summed E-state index contributed by atoms with van der Waals surface area (Å²) in [6.45, 7) is 1.76. The van der Waals surface area contributed by atoms with Gasteiger partial charge >= 0.3 is 6.18 Å². The second-order valence-corrected chi connectivity index (χ2v) is 7.77. The number of benzene rings is 2. The Morgan fingerprint density at radius 3 is 2.39 bits per heavy atom. The van der Waals surface area contributed by atoms with Gasteiger partial charge in [0.15, 0.2) is 5.82 Å². The zero-order valence-corrected chi connectivity index (χ0v) is 18.4. The van der Waals surface area contributed by atoms with E-state index in [1.165, 1.54) is 16.8 Å². The average Bonchev–Trinajstić information content (AvgIpc) is 3.13. The normalized spacial score (nSPS) is 11.6. The van der Waals surface area contributed by atoms with E-state index < -0.39 is 17.6 Å². The molecule has 4 aromatic rings. The lowest BCUT2D eigenvalue weighted by Crippen LogP contribution is -2.06. The Balaban J connectivity index is 1.50. The second-order valence-electron chi connectivity index (χ2n) is 6.95. The molecule has 2 heterocycles. The highest BCUT2D eigenvalue weighted by atomic mass is 35.5. The van der Waals surface area contributed by atoms with Crippen LogP contribution in [0.2, 0.25) is 10.0 Å². The van der Waals surface area contributed by atoms with Gasteiger partial charge in [0.25, 0.3) is 0 Å². The predicted octanol–water partition coefficient (Wildman–Crippen LogP) is 6.68. The number of hydrogen-bond acceptors (Lipinski definition) is 4. The van der Waals surface area contributed by atoms with Crippen LogP contribution in [0, 0.1) is 12.7 Å². The van der Waals surface area contributed by atoms with Gasteiger partial charge in [0.2, 0.25) is 5.88 Å². The van der Waals surface area contributed by atoms with Gasteiger partial charge in [0.05, 0.1) is 21.8 Å². The number of alkyl halides is 3. The standard InChI is InChI=1S/C22H14Cl2F4N4O/c1-12-30-20(19-16(23)3-2-4-18(19)25)31-32(12)15-7-5-13(6-8-15)11-33-21-17(24)9-14(10-29-21)22(26,27)28/h2-10H,11H2,1H3. The van der Waals surface area contributed by atoms with Crippen LogP contribution < -0.4 is 4.74 Å². The van der Waals surface area contributed by atoms with Crippen molar-refractivity contribution in [1.82, 2.24) is 19.7 Å². The highest BCUT2D eigenvalue weighted by Crippen LogP contribution is 2.33. The Morgan fingerprint density at radius 2 is 1.76 bits per heavy atom. The lowest BCUT2D eigenvalue weighted by Gasteiger charge is -2.11. The fourth-order valence-corrected chi connectivity index (χ4v) is 3.49. The topological polar surface area (TPSA) is 52.8 Å². The summed E-state index contributed by atoms with van der Waals surface area (Å²) in [4.78, 5) is 7.96. The summed E-state index contributed by atoms with van der Waals surface area (Å²) in [5.41, 5.74) is 0.537. The molecule has 0 unspecified atom stereocenters. The zero-order chi connectivity index (χ0) is 23.8. The van der Waals surface area contributed by atoms with Crippen LogP contribution >= 0.6 is 23.2 Å². The third-order valence-corrected chi connectivity index (χ3v) is 5.23. The lowest BCUT2D eigenvalue weighted by molar-refractivity contribution is -0.137. The lowest BCUT2D eigenvalue weighted by atomic mass is 10.2. The number of ether oxygens (including phenoxy) is 1. The number of nitrogens with zero attached hydrogens (tertiary/aromatic N) is 4. The molecule has 11 heteroatoms. The van der Waals surface area contributed by atoms with Crippen LogP contribution in [0.25, 0.3) is 17.1 Å². The van der Waals surface area contributed by atoms with Crippen molar-refractivity contribution in [3.05, 3.63) is 87.5 Å². The molecule has 0 saturated heterocycles. The molecule has 0 amide bonds. The Bertz CT molecular complexity index is 1290. The molecular weight excluding hydrogens is 483 g/mol. The third kappa shape index (κ3) is 4.94. The van der Waals surface area contributed by atoms with Gasteiger partial charge in [-0.15, -0.1) is 5.10 Å². The van der Waals surface area contributed by atoms with Crippen molar-refractivity contribution in [2.75, 3.05) is 0 Å². The molecule has 0 aliphatic carbocycles. The molecule has 0 saturated carbocycles. The van der Waals surface area contributed by atoms with Gasteiger partial charge in [-0.2, -0.15) is 13.2 Å². The molecule has 0 fully saturated rings. The molecule has 33 heavy (non-hydrogen) atoms. The first kappa shape index (κ1) is 23.0. The minimum absolute atomic E-state index is 0.0325. The number of aryl methyl sites for hydroxylation is 1. The molecule has 0 atom stereocenters. The van der Waals surface area contributed by atoms with Crippen molar-refractivity contribution < 1.29 is 22.3 Å². The molecule has 0 spiro atoms. The molecule has 2 aromatic carbocycles. The monoisotopic (exact) mass is 496 g/mol. The number of pyridine rings is 1. The van der Waals surface area contributed by atoms with Crippen LogP contribution in [-0.2, 0) is 12.8 Å². The van der Waals surface area contributed by atoms with Crippen LogP contribution in [0.5, 0.6) is 5.88 Å². The molecule has 0 aliphatic rings. The number of aromatic nitrogens is 4. The fourth-order valence-electron chi connectivity index (χ4n) is 3.02. The number of hydrogen-bond donors (Lipinski definition) is 0. The van der Waals surface area contributed by atoms with E-state index in [4.69, 9.17) is 27.9 Å². The summed E-state index contributed by atoms with van der Waals surface area (Å²) in [7, 11) is 0. The van der Waals surface area contributed by atoms with E-state index in [0.717, 1.165) is 6.07 Å². The average molecular weight is 497 g/mol. The summed E-state index contributed by atoms with van der Waals surface area (Å²) in [5, 5.41) is 4.33. The largest absolute Gasteiger partial charge is 0.472 e. The maximum Gasteiger partial charge on any atom is 0.417 e. The van der Waals surface area contributed by atoms with Gasteiger partial charge in [-0.25, -0.2) is 19.0 Å². The van der Waals surface area contributed by atoms with Crippen LogP contribution in [0.4, 0.5) is 17.6 Å². The van der Waals surface area contributed by atoms with Crippen LogP contribution in [-0.4, -0.2) is 19.7 Å². The molecule has 5 nitrogen and oxygen atoms in total. The highest BCUT2D eigenvalue weighted by Gasteiger charge is 2.31. The molecule has 170 valence electrons. The molecule has 0 N–H and O–H groups in total. The number of rotatable bonds is 5. The minimum Gasteiger partial charge on any atom is -0.472 e. The minimum atomic E-state index is -4.54.